The van der Waals surface area contributed by atoms with Crippen LogP contribution in [0.15, 0.2) is 0 Å². The van der Waals surface area contributed by atoms with Crippen LogP contribution in [0.2, 0.25) is 0 Å². The second-order valence-electron chi connectivity index (χ2n) is 5.88. The van der Waals surface area contributed by atoms with Crippen LogP contribution >= 0.6 is 11.8 Å². The predicted molar refractivity (Wildman–Crippen MR) is 88.5 cm³/mol. The highest BCUT2D eigenvalue weighted by Gasteiger charge is 2.15. The second-order valence-corrected chi connectivity index (χ2v) is 7.03. The van der Waals surface area contributed by atoms with E-state index in [9.17, 15) is 5.11 Å². The molecule has 0 aromatic heterocycles. The van der Waals surface area contributed by atoms with E-state index < -0.39 is 0 Å². The summed E-state index contributed by atoms with van der Waals surface area (Å²) in [6, 6.07) is 0. The summed E-state index contributed by atoms with van der Waals surface area (Å²) < 4.78 is 5.53. The van der Waals surface area contributed by atoms with Gasteiger partial charge in [-0.2, -0.15) is 11.8 Å². The average Bonchev–Trinajstić information content (AvgIpc) is 2.95. The van der Waals surface area contributed by atoms with E-state index in [4.69, 9.17) is 4.74 Å². The Balaban J connectivity index is 1.79. The number of nitrogens with one attached hydrogen (secondary N) is 1. The summed E-state index contributed by atoms with van der Waals surface area (Å²) in [6.07, 6.45) is 8.67. The smallest absolute Gasteiger partial charge is 0.0897 e. The van der Waals surface area contributed by atoms with Gasteiger partial charge in [-0.25, -0.2) is 0 Å². The van der Waals surface area contributed by atoms with Gasteiger partial charge in [-0.05, 0) is 36.8 Å². The van der Waals surface area contributed by atoms with Gasteiger partial charge in [0.1, 0.15) is 0 Å². The zero-order chi connectivity index (χ0) is 14.5. The summed E-state index contributed by atoms with van der Waals surface area (Å²) in [5, 5.41) is 13.2. The number of aliphatic hydroxyl groups is 1. The fourth-order valence-electron chi connectivity index (χ4n) is 2.46. The summed E-state index contributed by atoms with van der Waals surface area (Å²) in [5.41, 5.74) is 0. The fraction of sp³-hybridized carbons (Fsp3) is 1.00. The maximum atomic E-state index is 9.80. The highest BCUT2D eigenvalue weighted by Crippen LogP contribution is 2.22. The van der Waals surface area contributed by atoms with E-state index in [0.29, 0.717) is 13.2 Å². The highest BCUT2D eigenvalue weighted by molar-refractivity contribution is 7.99. The minimum absolute atomic E-state index is 0.357. The van der Waals surface area contributed by atoms with Gasteiger partial charge in [0.05, 0.1) is 12.7 Å². The molecule has 0 saturated carbocycles. The molecule has 0 aromatic carbocycles. The molecule has 0 spiro atoms. The number of thioether (sulfide) groups is 1. The van der Waals surface area contributed by atoms with Crippen LogP contribution in [-0.4, -0.2) is 49.0 Å². The molecule has 1 aliphatic heterocycles. The fourth-order valence-corrected chi connectivity index (χ4v) is 3.75. The maximum Gasteiger partial charge on any atom is 0.0897 e. The van der Waals surface area contributed by atoms with Gasteiger partial charge in [0, 0.05) is 13.2 Å². The van der Waals surface area contributed by atoms with Gasteiger partial charge in [-0.1, -0.05) is 39.0 Å². The van der Waals surface area contributed by atoms with E-state index in [1.54, 1.807) is 0 Å². The first-order valence-electron chi connectivity index (χ1n) is 8.37. The third-order valence-corrected chi connectivity index (χ3v) is 5.02. The van der Waals surface area contributed by atoms with Crippen LogP contribution in [0.5, 0.6) is 0 Å². The summed E-state index contributed by atoms with van der Waals surface area (Å²) >= 11 is 2.04. The molecule has 0 aromatic rings. The van der Waals surface area contributed by atoms with Gasteiger partial charge in [0.2, 0.25) is 0 Å². The van der Waals surface area contributed by atoms with Crippen molar-refractivity contribution in [1.82, 2.24) is 5.32 Å². The molecule has 3 nitrogen and oxygen atoms in total. The zero-order valence-electron chi connectivity index (χ0n) is 13.1. The van der Waals surface area contributed by atoms with Gasteiger partial charge in [-0.15, -0.1) is 0 Å². The van der Waals surface area contributed by atoms with E-state index in [0.717, 1.165) is 25.5 Å². The minimum atomic E-state index is -0.357. The Labute approximate surface area is 129 Å². The molecule has 120 valence electrons. The summed E-state index contributed by atoms with van der Waals surface area (Å²) in [4.78, 5) is 0. The molecule has 0 radical (unpaired) electrons. The van der Waals surface area contributed by atoms with Crippen LogP contribution in [0, 0.1) is 5.92 Å². The molecule has 1 rings (SSSR count). The Morgan fingerprint density at radius 3 is 2.80 bits per heavy atom. The van der Waals surface area contributed by atoms with Crippen molar-refractivity contribution in [2.45, 2.75) is 58.0 Å². The van der Waals surface area contributed by atoms with Crippen molar-refractivity contribution in [3.8, 4) is 0 Å². The number of rotatable bonds is 13. The monoisotopic (exact) mass is 303 g/mol. The predicted octanol–water partition coefficient (Wildman–Crippen LogP) is 3.07. The maximum absolute atomic E-state index is 9.80. The first-order chi connectivity index (χ1) is 9.83. The number of hydrogen-bond donors (Lipinski definition) is 2. The Bertz CT molecular complexity index is 211. The Hall–Kier alpha value is 0.230. The summed E-state index contributed by atoms with van der Waals surface area (Å²) in [7, 11) is 0. The molecular formula is C16H33NO2S. The molecule has 0 aliphatic carbocycles. The SMILES string of the molecule is CCCCCCCCOCC(O)CNCC1CCSC1. The molecule has 20 heavy (non-hydrogen) atoms. The average molecular weight is 304 g/mol. The standard InChI is InChI=1S/C16H33NO2S/c1-2-3-4-5-6-7-9-19-13-16(18)12-17-11-15-8-10-20-14-15/h15-18H,2-14H2,1H3. The second kappa shape index (κ2) is 12.9. The van der Waals surface area contributed by atoms with Gasteiger partial charge < -0.3 is 15.2 Å². The van der Waals surface area contributed by atoms with E-state index >= 15 is 0 Å². The third kappa shape index (κ3) is 10.0. The molecule has 4 heteroatoms. The van der Waals surface area contributed by atoms with Crippen LogP contribution in [0.1, 0.15) is 51.9 Å². The van der Waals surface area contributed by atoms with Gasteiger partial charge in [-0.3, -0.25) is 0 Å². The third-order valence-electron chi connectivity index (χ3n) is 3.79. The first-order valence-corrected chi connectivity index (χ1v) is 9.52. The van der Waals surface area contributed by atoms with Crippen molar-refractivity contribution in [2.75, 3.05) is 37.8 Å². The lowest BCUT2D eigenvalue weighted by atomic mass is 10.1. The van der Waals surface area contributed by atoms with Crippen molar-refractivity contribution in [3.05, 3.63) is 0 Å². The number of hydrogen-bond acceptors (Lipinski definition) is 4. The van der Waals surface area contributed by atoms with Crippen LogP contribution in [0.3, 0.4) is 0 Å². The van der Waals surface area contributed by atoms with Crippen molar-refractivity contribution in [2.24, 2.45) is 5.92 Å². The van der Waals surface area contributed by atoms with Crippen LogP contribution < -0.4 is 5.32 Å². The molecule has 0 amide bonds. The quantitative estimate of drug-likeness (QED) is 0.513. The Morgan fingerprint density at radius 1 is 1.25 bits per heavy atom. The van der Waals surface area contributed by atoms with Crippen LogP contribution in [0.4, 0.5) is 0 Å². The lowest BCUT2D eigenvalue weighted by Crippen LogP contribution is -2.33. The number of unbranched alkanes of at least 4 members (excludes halogenated alkanes) is 5. The zero-order valence-corrected chi connectivity index (χ0v) is 13.9. The van der Waals surface area contributed by atoms with Crippen LogP contribution in [0.25, 0.3) is 0 Å². The molecule has 2 N–H and O–H groups in total. The van der Waals surface area contributed by atoms with Crippen molar-refractivity contribution in [1.29, 1.82) is 0 Å². The molecule has 2 atom stereocenters. The molecule has 1 saturated heterocycles. The lowest BCUT2D eigenvalue weighted by Gasteiger charge is -2.14. The largest absolute Gasteiger partial charge is 0.389 e. The minimum Gasteiger partial charge on any atom is -0.389 e. The van der Waals surface area contributed by atoms with E-state index in [-0.39, 0.29) is 6.10 Å². The van der Waals surface area contributed by atoms with Crippen molar-refractivity contribution < 1.29 is 9.84 Å². The van der Waals surface area contributed by atoms with Crippen molar-refractivity contribution in [3.63, 3.8) is 0 Å². The molecule has 0 bridgehead atoms. The molecular weight excluding hydrogens is 270 g/mol. The van der Waals surface area contributed by atoms with E-state index in [1.165, 1.54) is 50.0 Å². The molecule has 1 heterocycles. The number of ether oxygens (including phenoxy) is 1. The lowest BCUT2D eigenvalue weighted by molar-refractivity contribution is 0.0351. The molecule has 1 fully saturated rings. The molecule has 1 aliphatic rings. The van der Waals surface area contributed by atoms with Crippen LogP contribution in [-0.2, 0) is 4.74 Å². The Morgan fingerprint density at radius 2 is 2.05 bits per heavy atom. The van der Waals surface area contributed by atoms with Gasteiger partial charge in [0.15, 0.2) is 0 Å². The van der Waals surface area contributed by atoms with Gasteiger partial charge >= 0.3 is 0 Å². The normalized spacial score (nSPS) is 20.4. The summed E-state index contributed by atoms with van der Waals surface area (Å²) in [5.74, 6) is 3.38. The molecule has 2 unspecified atom stereocenters. The van der Waals surface area contributed by atoms with E-state index in [1.807, 2.05) is 11.8 Å². The highest BCUT2D eigenvalue weighted by atomic mass is 32.2. The topological polar surface area (TPSA) is 41.5 Å². The van der Waals surface area contributed by atoms with Crippen molar-refractivity contribution >= 4 is 11.8 Å². The van der Waals surface area contributed by atoms with E-state index in [2.05, 4.69) is 12.2 Å². The Kier molecular flexibility index (Phi) is 11.8. The number of aliphatic hydroxyl groups excluding tert-OH is 1. The first kappa shape index (κ1) is 18.3. The van der Waals surface area contributed by atoms with Gasteiger partial charge in [0.25, 0.3) is 0 Å². The summed E-state index contributed by atoms with van der Waals surface area (Å²) in [6.45, 7) is 5.22.